The molecule has 1 aliphatic heterocycles. The van der Waals surface area contributed by atoms with Gasteiger partial charge in [-0.2, -0.15) is 4.68 Å². The third kappa shape index (κ3) is 4.89. The number of aliphatic hydroxyl groups excluding tert-OH is 1. The van der Waals surface area contributed by atoms with Gasteiger partial charge in [0, 0.05) is 11.1 Å². The smallest absolute Gasteiger partial charge is 0.232 e. The van der Waals surface area contributed by atoms with E-state index in [4.69, 9.17) is 30.8 Å². The van der Waals surface area contributed by atoms with Crippen LogP contribution in [0.15, 0.2) is 22.7 Å². The Bertz CT molecular complexity index is 1490. The molecule has 0 radical (unpaired) electrons. The molecule has 1 aromatic carbocycles. The van der Waals surface area contributed by atoms with Gasteiger partial charge in [-0.15, -0.1) is 4.68 Å². The number of halogens is 1. The maximum absolute atomic E-state index is 10.1. The molecule has 0 saturated carbocycles. The van der Waals surface area contributed by atoms with Crippen molar-refractivity contribution in [2.45, 2.75) is 66.7 Å². The van der Waals surface area contributed by atoms with Crippen LogP contribution in [-0.4, -0.2) is 37.6 Å². The zero-order valence-electron chi connectivity index (χ0n) is 23.7. The molecule has 0 fully saturated rings. The number of nitrogens with zero attached hydrogens (tertiary/aromatic N) is 6. The summed E-state index contributed by atoms with van der Waals surface area (Å²) in [6.45, 7) is 11.7. The van der Waals surface area contributed by atoms with Crippen LogP contribution in [0.5, 0.6) is 5.75 Å². The van der Waals surface area contributed by atoms with Crippen LogP contribution in [0.2, 0.25) is 5.02 Å². The van der Waals surface area contributed by atoms with Crippen LogP contribution in [-0.2, 0) is 27.2 Å². The zero-order valence-corrected chi connectivity index (χ0v) is 24.4. The van der Waals surface area contributed by atoms with Crippen molar-refractivity contribution in [2.24, 2.45) is 14.1 Å². The molecule has 4 heterocycles. The van der Waals surface area contributed by atoms with E-state index in [2.05, 4.69) is 40.4 Å². The molecule has 0 spiro atoms. The molecule has 4 aromatic rings. The minimum atomic E-state index is -0.524. The van der Waals surface area contributed by atoms with Gasteiger partial charge in [0.15, 0.2) is 12.9 Å². The lowest BCUT2D eigenvalue weighted by Gasteiger charge is -2.22. The zero-order chi connectivity index (χ0) is 28.0. The van der Waals surface area contributed by atoms with Crippen molar-refractivity contribution in [3.63, 3.8) is 0 Å². The Kier molecular flexibility index (Phi) is 7.39. The molecule has 0 unspecified atom stereocenters. The van der Waals surface area contributed by atoms with Crippen LogP contribution >= 0.6 is 11.6 Å². The first-order valence-corrected chi connectivity index (χ1v) is 13.7. The SMILES string of the molecule is CCC[C@@H](O)COc1ccc(Cl)c(-c2nc(-c3c(C)noc3C)c(C)c(N3Cc4c(C)n(C)[n+](C)c4C3)n2)c1. The number of hydrogen-bond acceptors (Lipinski definition) is 7. The van der Waals surface area contributed by atoms with Crippen LogP contribution in [0.4, 0.5) is 5.82 Å². The second-order valence-corrected chi connectivity index (χ2v) is 10.8. The lowest BCUT2D eigenvalue weighted by molar-refractivity contribution is -0.757. The largest absolute Gasteiger partial charge is 0.491 e. The van der Waals surface area contributed by atoms with Crippen molar-refractivity contribution in [3.8, 4) is 28.4 Å². The standard InChI is InChI=1S/C29H36ClN6O3/c1-8-9-20(37)15-38-21-10-11-24(30)22(12-21)28-31-27(26-17(3)33-39-19(26)5)16(2)29(32-28)36-13-23-18(4)34(6)35(7)25(23)14-36/h10-12,20,37H,8-9,13-15H2,1-7H3/q+1/t20-/m1/s1. The average Bonchev–Trinajstić information content (AvgIpc) is 3.55. The third-order valence-corrected chi connectivity index (χ3v) is 8.06. The van der Waals surface area contributed by atoms with Gasteiger partial charge in [-0.25, -0.2) is 9.97 Å². The van der Waals surface area contributed by atoms with Crippen molar-refractivity contribution in [3.05, 3.63) is 57.2 Å². The van der Waals surface area contributed by atoms with Gasteiger partial charge in [0.1, 0.15) is 30.5 Å². The summed E-state index contributed by atoms with van der Waals surface area (Å²) < 4.78 is 15.8. The van der Waals surface area contributed by atoms with E-state index in [1.165, 1.54) is 17.0 Å². The number of aryl methyl sites for hydroxylation is 2. The van der Waals surface area contributed by atoms with Gasteiger partial charge in [0.25, 0.3) is 0 Å². The van der Waals surface area contributed by atoms with Crippen molar-refractivity contribution in [2.75, 3.05) is 11.5 Å². The molecule has 39 heavy (non-hydrogen) atoms. The minimum absolute atomic E-state index is 0.210. The Morgan fingerprint density at radius 3 is 2.62 bits per heavy atom. The Morgan fingerprint density at radius 2 is 1.95 bits per heavy atom. The van der Waals surface area contributed by atoms with Crippen LogP contribution in [0.3, 0.4) is 0 Å². The first kappa shape index (κ1) is 27.1. The minimum Gasteiger partial charge on any atom is -0.491 e. The lowest BCUT2D eigenvalue weighted by Crippen LogP contribution is -2.42. The van der Waals surface area contributed by atoms with E-state index in [-0.39, 0.29) is 6.61 Å². The highest BCUT2D eigenvalue weighted by atomic mass is 35.5. The summed E-state index contributed by atoms with van der Waals surface area (Å²) in [6.07, 6.45) is 1.05. The molecule has 0 aliphatic carbocycles. The van der Waals surface area contributed by atoms with Crippen molar-refractivity contribution >= 4 is 17.4 Å². The lowest BCUT2D eigenvalue weighted by atomic mass is 10.0. The summed E-state index contributed by atoms with van der Waals surface area (Å²) in [5.41, 5.74) is 7.85. The Morgan fingerprint density at radius 1 is 1.18 bits per heavy atom. The second kappa shape index (κ2) is 10.6. The topological polar surface area (TPSA) is 93.3 Å². The van der Waals surface area contributed by atoms with E-state index in [0.29, 0.717) is 34.3 Å². The molecule has 10 heteroatoms. The van der Waals surface area contributed by atoms with E-state index < -0.39 is 6.10 Å². The molecular weight excluding hydrogens is 516 g/mol. The van der Waals surface area contributed by atoms with E-state index in [9.17, 15) is 5.11 Å². The number of ether oxygens (including phenoxy) is 1. The van der Waals surface area contributed by atoms with Gasteiger partial charge in [0.2, 0.25) is 5.69 Å². The molecule has 0 saturated heterocycles. The fourth-order valence-corrected chi connectivity index (χ4v) is 5.56. The molecule has 3 aromatic heterocycles. The quantitative estimate of drug-likeness (QED) is 0.311. The number of hydrogen-bond donors (Lipinski definition) is 1. The monoisotopic (exact) mass is 551 g/mol. The van der Waals surface area contributed by atoms with E-state index in [0.717, 1.165) is 47.8 Å². The van der Waals surface area contributed by atoms with Crippen molar-refractivity contribution in [1.82, 2.24) is 19.8 Å². The summed E-state index contributed by atoms with van der Waals surface area (Å²) in [6, 6.07) is 5.43. The number of aliphatic hydroxyl groups is 1. The Labute approximate surface area is 234 Å². The predicted molar refractivity (Wildman–Crippen MR) is 150 cm³/mol. The third-order valence-electron chi connectivity index (χ3n) is 7.73. The molecule has 9 nitrogen and oxygen atoms in total. The molecule has 206 valence electrons. The van der Waals surface area contributed by atoms with Crippen LogP contribution < -0.4 is 14.3 Å². The van der Waals surface area contributed by atoms with Gasteiger partial charge < -0.3 is 19.3 Å². The normalized spacial score (nSPS) is 13.7. The van der Waals surface area contributed by atoms with Gasteiger partial charge in [-0.3, -0.25) is 0 Å². The van der Waals surface area contributed by atoms with Crippen molar-refractivity contribution < 1.29 is 19.0 Å². The van der Waals surface area contributed by atoms with Gasteiger partial charge in [-0.05, 0) is 52.3 Å². The molecule has 1 N–H and O–H groups in total. The molecular formula is C29H36ClN6O3+. The van der Waals surface area contributed by atoms with Crippen LogP contribution in [0.25, 0.3) is 22.6 Å². The summed E-state index contributed by atoms with van der Waals surface area (Å²) in [7, 11) is 4.17. The maximum Gasteiger partial charge on any atom is 0.232 e. The molecule has 0 amide bonds. The highest BCUT2D eigenvalue weighted by molar-refractivity contribution is 6.33. The van der Waals surface area contributed by atoms with E-state index in [1.54, 1.807) is 12.1 Å². The van der Waals surface area contributed by atoms with Crippen LogP contribution in [0.1, 0.15) is 53.7 Å². The van der Waals surface area contributed by atoms with Gasteiger partial charge in [-0.1, -0.05) is 30.1 Å². The number of aromatic nitrogens is 5. The molecule has 0 bridgehead atoms. The number of fused-ring (bicyclic) bond motifs is 1. The highest BCUT2D eigenvalue weighted by Crippen LogP contribution is 2.39. The molecule has 1 atom stereocenters. The fraction of sp³-hybridized carbons (Fsp3) is 0.448. The number of anilines is 1. The van der Waals surface area contributed by atoms with Crippen LogP contribution in [0, 0.1) is 27.7 Å². The first-order valence-electron chi connectivity index (χ1n) is 13.3. The molecule has 5 rings (SSSR count). The van der Waals surface area contributed by atoms with Gasteiger partial charge in [0.05, 0.1) is 52.9 Å². The maximum atomic E-state index is 10.1. The number of rotatable bonds is 8. The van der Waals surface area contributed by atoms with E-state index in [1.807, 2.05) is 33.8 Å². The first-order chi connectivity index (χ1) is 18.6. The number of benzene rings is 1. The van der Waals surface area contributed by atoms with E-state index >= 15 is 0 Å². The van der Waals surface area contributed by atoms with Gasteiger partial charge >= 0.3 is 0 Å². The summed E-state index contributed by atoms with van der Waals surface area (Å²) in [4.78, 5) is 12.4. The fourth-order valence-electron chi connectivity index (χ4n) is 5.36. The highest BCUT2D eigenvalue weighted by Gasteiger charge is 2.35. The predicted octanol–water partition coefficient (Wildman–Crippen LogP) is 4.91. The second-order valence-electron chi connectivity index (χ2n) is 10.4. The average molecular weight is 552 g/mol. The van der Waals surface area contributed by atoms with Crippen molar-refractivity contribution in [1.29, 1.82) is 0 Å². The summed E-state index contributed by atoms with van der Waals surface area (Å²) in [5, 5.41) is 14.8. The Hall–Kier alpha value is -3.43. The Balaban J connectivity index is 1.61. The summed E-state index contributed by atoms with van der Waals surface area (Å²) >= 11 is 6.71. The summed E-state index contributed by atoms with van der Waals surface area (Å²) in [5.74, 6) is 2.64. The molecule has 1 aliphatic rings.